The van der Waals surface area contributed by atoms with Gasteiger partial charge in [-0.1, -0.05) is 64.1 Å². The molecule has 0 aliphatic rings. The first-order chi connectivity index (χ1) is 15.0. The summed E-state index contributed by atoms with van der Waals surface area (Å²) in [5.41, 5.74) is 2.76. The van der Waals surface area contributed by atoms with Gasteiger partial charge in [0.1, 0.15) is 5.76 Å². The van der Waals surface area contributed by atoms with Crippen molar-refractivity contribution in [3.63, 3.8) is 0 Å². The quantitative estimate of drug-likeness (QED) is 0.328. The summed E-state index contributed by atoms with van der Waals surface area (Å²) in [6, 6.07) is 19.5. The molecule has 2 heterocycles. The van der Waals surface area contributed by atoms with Crippen LogP contribution in [0.2, 0.25) is 0 Å². The summed E-state index contributed by atoms with van der Waals surface area (Å²) in [7, 11) is 0. The summed E-state index contributed by atoms with van der Waals surface area (Å²) in [6.07, 6.45) is 1.65. The largest absolute Gasteiger partial charge is 0.469 e. The molecule has 0 saturated carbocycles. The van der Waals surface area contributed by atoms with E-state index in [1.54, 1.807) is 6.26 Å². The number of nitrogens with zero attached hydrogens (tertiary/aromatic N) is 3. The highest BCUT2D eigenvalue weighted by atomic mass is 79.9. The van der Waals surface area contributed by atoms with Crippen LogP contribution in [-0.2, 0) is 11.3 Å². The van der Waals surface area contributed by atoms with Crippen LogP contribution in [0.5, 0.6) is 0 Å². The fourth-order valence-corrected chi connectivity index (χ4v) is 4.37. The maximum absolute atomic E-state index is 12.8. The van der Waals surface area contributed by atoms with Crippen LogP contribution in [-0.4, -0.2) is 25.9 Å². The lowest BCUT2D eigenvalue weighted by atomic mass is 10.2. The van der Waals surface area contributed by atoms with Crippen molar-refractivity contribution in [3.8, 4) is 11.4 Å². The van der Waals surface area contributed by atoms with E-state index in [4.69, 9.17) is 4.42 Å². The molecule has 1 amide bonds. The van der Waals surface area contributed by atoms with Crippen LogP contribution < -0.4 is 5.32 Å². The molecule has 0 spiro atoms. The monoisotopic (exact) mass is 496 g/mol. The molecule has 31 heavy (non-hydrogen) atoms. The number of rotatable bonds is 7. The Labute approximate surface area is 193 Å². The highest BCUT2D eigenvalue weighted by molar-refractivity contribution is 9.10. The molecular weight excluding hydrogens is 476 g/mol. The minimum absolute atomic E-state index is 0.0987. The van der Waals surface area contributed by atoms with Crippen molar-refractivity contribution in [2.24, 2.45) is 0 Å². The molecule has 0 bridgehead atoms. The second-order valence-corrected chi connectivity index (χ2v) is 9.25. The minimum atomic E-state index is -0.365. The van der Waals surface area contributed by atoms with Gasteiger partial charge >= 0.3 is 0 Å². The van der Waals surface area contributed by atoms with Crippen molar-refractivity contribution >= 4 is 39.3 Å². The highest BCUT2D eigenvalue weighted by Crippen LogP contribution is 2.30. The highest BCUT2D eigenvalue weighted by Gasteiger charge is 2.22. The van der Waals surface area contributed by atoms with E-state index in [0.29, 0.717) is 11.7 Å². The number of carbonyl (C=O) groups is 1. The SMILES string of the molecule is Cc1occc1-c1nnc(S[C@@H](C)C(=O)Nc2cccc(Br)c2)n1Cc1ccccc1. The van der Waals surface area contributed by atoms with Gasteiger partial charge in [0.25, 0.3) is 0 Å². The zero-order chi connectivity index (χ0) is 21.8. The zero-order valence-corrected chi connectivity index (χ0v) is 19.5. The summed E-state index contributed by atoms with van der Waals surface area (Å²) >= 11 is 4.81. The van der Waals surface area contributed by atoms with Crippen molar-refractivity contribution in [2.45, 2.75) is 30.8 Å². The maximum atomic E-state index is 12.8. The molecule has 2 aromatic carbocycles. The number of hydrogen-bond donors (Lipinski definition) is 1. The number of anilines is 1. The van der Waals surface area contributed by atoms with Crippen LogP contribution in [0, 0.1) is 6.92 Å². The number of nitrogens with one attached hydrogen (secondary N) is 1. The van der Waals surface area contributed by atoms with Gasteiger partial charge in [-0.05, 0) is 43.7 Å². The molecule has 0 unspecified atom stereocenters. The number of amides is 1. The maximum Gasteiger partial charge on any atom is 0.237 e. The standard InChI is InChI=1S/C23H21BrN4O2S/c1-15-20(11-12-30-15)21-26-27-23(28(21)14-17-7-4-3-5-8-17)31-16(2)22(29)25-19-10-6-9-18(24)13-19/h3-13,16H,14H2,1-2H3,(H,25,29)/t16-/m0/s1. The molecule has 1 atom stereocenters. The van der Waals surface area contributed by atoms with E-state index in [9.17, 15) is 4.79 Å². The van der Waals surface area contributed by atoms with Gasteiger partial charge in [0, 0.05) is 10.2 Å². The van der Waals surface area contributed by atoms with Gasteiger partial charge in [0.15, 0.2) is 11.0 Å². The Morgan fingerprint density at radius 2 is 1.97 bits per heavy atom. The molecule has 8 heteroatoms. The lowest BCUT2D eigenvalue weighted by Crippen LogP contribution is -2.23. The van der Waals surface area contributed by atoms with Gasteiger partial charge in [-0.15, -0.1) is 10.2 Å². The molecule has 0 aliphatic heterocycles. The predicted octanol–water partition coefficient (Wildman–Crippen LogP) is 5.78. The van der Waals surface area contributed by atoms with Crippen LogP contribution >= 0.6 is 27.7 Å². The van der Waals surface area contributed by atoms with E-state index >= 15 is 0 Å². The van der Waals surface area contributed by atoms with E-state index in [1.807, 2.05) is 66.9 Å². The van der Waals surface area contributed by atoms with Gasteiger partial charge in [-0.2, -0.15) is 0 Å². The fraction of sp³-hybridized carbons (Fsp3) is 0.174. The smallest absolute Gasteiger partial charge is 0.237 e. The molecule has 158 valence electrons. The van der Waals surface area contributed by atoms with Crippen LogP contribution in [0.1, 0.15) is 18.2 Å². The van der Waals surface area contributed by atoms with Gasteiger partial charge in [-0.3, -0.25) is 9.36 Å². The van der Waals surface area contributed by atoms with Crippen molar-refractivity contribution in [3.05, 3.63) is 82.7 Å². The summed E-state index contributed by atoms with van der Waals surface area (Å²) in [6.45, 7) is 4.36. The summed E-state index contributed by atoms with van der Waals surface area (Å²) in [4.78, 5) is 12.8. The third-order valence-electron chi connectivity index (χ3n) is 4.74. The van der Waals surface area contributed by atoms with E-state index < -0.39 is 0 Å². The van der Waals surface area contributed by atoms with Gasteiger partial charge in [-0.25, -0.2) is 0 Å². The fourth-order valence-electron chi connectivity index (χ4n) is 3.12. The Balaban J connectivity index is 1.59. The van der Waals surface area contributed by atoms with Crippen LogP contribution in [0.3, 0.4) is 0 Å². The number of hydrogen-bond acceptors (Lipinski definition) is 5. The van der Waals surface area contributed by atoms with Crippen molar-refractivity contribution < 1.29 is 9.21 Å². The first-order valence-electron chi connectivity index (χ1n) is 9.76. The van der Waals surface area contributed by atoms with E-state index in [0.717, 1.165) is 32.9 Å². The molecular formula is C23H21BrN4O2S. The van der Waals surface area contributed by atoms with Gasteiger partial charge < -0.3 is 9.73 Å². The van der Waals surface area contributed by atoms with Crippen LogP contribution in [0.15, 0.2) is 81.0 Å². The van der Waals surface area contributed by atoms with Gasteiger partial charge in [0.2, 0.25) is 5.91 Å². The Hall–Kier alpha value is -2.84. The number of halogens is 1. The first kappa shape index (κ1) is 21.4. The second kappa shape index (κ2) is 9.53. The average Bonchev–Trinajstić information content (AvgIpc) is 3.34. The Morgan fingerprint density at radius 1 is 1.16 bits per heavy atom. The third-order valence-corrected chi connectivity index (χ3v) is 6.32. The lowest BCUT2D eigenvalue weighted by molar-refractivity contribution is -0.115. The minimum Gasteiger partial charge on any atom is -0.469 e. The predicted molar refractivity (Wildman–Crippen MR) is 126 cm³/mol. The molecule has 0 radical (unpaired) electrons. The van der Waals surface area contributed by atoms with E-state index in [-0.39, 0.29) is 11.2 Å². The third kappa shape index (κ3) is 5.08. The first-order valence-corrected chi connectivity index (χ1v) is 11.4. The van der Waals surface area contributed by atoms with Crippen LogP contribution in [0.4, 0.5) is 5.69 Å². The van der Waals surface area contributed by atoms with Gasteiger partial charge in [0.05, 0.1) is 23.6 Å². The Kier molecular flexibility index (Phi) is 6.58. The number of benzene rings is 2. The normalized spacial score (nSPS) is 12.0. The number of furan rings is 1. The summed E-state index contributed by atoms with van der Waals surface area (Å²) in [5.74, 6) is 1.40. The number of aryl methyl sites for hydroxylation is 1. The molecule has 4 rings (SSSR count). The summed E-state index contributed by atoms with van der Waals surface area (Å²) in [5, 5.41) is 12.1. The molecule has 0 fully saturated rings. The number of thioether (sulfide) groups is 1. The van der Waals surface area contributed by atoms with Crippen molar-refractivity contribution in [2.75, 3.05) is 5.32 Å². The molecule has 0 saturated heterocycles. The molecule has 1 N–H and O–H groups in total. The van der Waals surface area contributed by atoms with E-state index in [1.165, 1.54) is 11.8 Å². The Bertz CT molecular complexity index is 1190. The topological polar surface area (TPSA) is 72.9 Å². The lowest BCUT2D eigenvalue weighted by Gasteiger charge is -2.14. The molecule has 2 aromatic heterocycles. The van der Waals surface area contributed by atoms with Crippen LogP contribution in [0.25, 0.3) is 11.4 Å². The second-order valence-electron chi connectivity index (χ2n) is 7.03. The number of aromatic nitrogens is 3. The Morgan fingerprint density at radius 3 is 2.68 bits per heavy atom. The van der Waals surface area contributed by atoms with Crippen molar-refractivity contribution in [1.82, 2.24) is 14.8 Å². The molecule has 6 nitrogen and oxygen atoms in total. The molecule has 0 aliphatic carbocycles. The van der Waals surface area contributed by atoms with E-state index in [2.05, 4.69) is 43.6 Å². The number of carbonyl (C=O) groups excluding carboxylic acids is 1. The zero-order valence-electron chi connectivity index (χ0n) is 17.1. The average molecular weight is 497 g/mol. The van der Waals surface area contributed by atoms with Crippen molar-refractivity contribution in [1.29, 1.82) is 0 Å². The molecule has 4 aromatic rings. The summed E-state index contributed by atoms with van der Waals surface area (Å²) < 4.78 is 8.41.